The first-order chi connectivity index (χ1) is 17.7. The minimum atomic E-state index is -0.168. The molecule has 0 rings (SSSR count). The molecule has 0 saturated carbocycles. The van der Waals surface area contributed by atoms with Crippen LogP contribution in [0.25, 0.3) is 0 Å². The van der Waals surface area contributed by atoms with E-state index in [0.29, 0.717) is 13.1 Å². The number of unbranched alkanes of at least 4 members (excludes halogenated alkanes) is 22. The Hall–Kier alpha value is -1.32. The van der Waals surface area contributed by atoms with Crippen molar-refractivity contribution in [1.29, 1.82) is 0 Å². The fourth-order valence-corrected chi connectivity index (χ4v) is 4.62. The van der Waals surface area contributed by atoms with E-state index < -0.39 is 0 Å². The van der Waals surface area contributed by atoms with Crippen molar-refractivity contribution in [2.75, 3.05) is 13.1 Å². The van der Waals surface area contributed by atoms with E-state index in [0.717, 1.165) is 12.8 Å². The molecule has 0 unspecified atom stereocenters. The third-order valence-corrected chi connectivity index (χ3v) is 7.05. The van der Waals surface area contributed by atoms with Crippen molar-refractivity contribution in [3.63, 3.8) is 0 Å². The molecule has 4 heteroatoms. The Bertz CT molecular complexity index is 460. The van der Waals surface area contributed by atoms with Crippen molar-refractivity contribution in [2.24, 2.45) is 0 Å². The smallest absolute Gasteiger partial charge is 0.244 e. The molecule has 2 amide bonds. The first kappa shape index (κ1) is 34.7. The SMILES string of the molecule is CCCCCCCCCCCCCCNC(=O)C=CC(=O)NCCCCCCCCCCCCCC. The first-order valence-electron chi connectivity index (χ1n) is 15.9. The van der Waals surface area contributed by atoms with Gasteiger partial charge in [-0.1, -0.05) is 155 Å². The summed E-state index contributed by atoms with van der Waals surface area (Å²) in [6, 6.07) is 0. The number of hydrogen-bond acceptors (Lipinski definition) is 2. The van der Waals surface area contributed by atoms with Crippen molar-refractivity contribution in [2.45, 2.75) is 168 Å². The monoisotopic (exact) mass is 506 g/mol. The Morgan fingerprint density at radius 1 is 0.389 bits per heavy atom. The quantitative estimate of drug-likeness (QED) is 0.0820. The fourth-order valence-electron chi connectivity index (χ4n) is 4.62. The number of carbonyl (C=O) groups is 2. The van der Waals surface area contributed by atoms with Gasteiger partial charge in [-0.05, 0) is 12.8 Å². The maximum atomic E-state index is 11.9. The second kappa shape index (κ2) is 29.9. The second-order valence-electron chi connectivity index (χ2n) is 10.7. The normalized spacial score (nSPS) is 11.3. The number of rotatable bonds is 28. The van der Waals surface area contributed by atoms with Crippen LogP contribution in [0, 0.1) is 0 Å². The zero-order valence-electron chi connectivity index (χ0n) is 24.4. The summed E-state index contributed by atoms with van der Waals surface area (Å²) in [5.74, 6) is -0.336. The summed E-state index contributed by atoms with van der Waals surface area (Å²) in [6.07, 6.45) is 34.3. The highest BCUT2D eigenvalue weighted by Gasteiger charge is 1.99. The van der Waals surface area contributed by atoms with Gasteiger partial charge in [-0.2, -0.15) is 0 Å². The molecule has 0 bridgehead atoms. The van der Waals surface area contributed by atoms with Gasteiger partial charge in [0.15, 0.2) is 0 Å². The molecule has 0 heterocycles. The van der Waals surface area contributed by atoms with Crippen molar-refractivity contribution < 1.29 is 9.59 Å². The molecule has 0 spiro atoms. The van der Waals surface area contributed by atoms with E-state index >= 15 is 0 Å². The minimum Gasteiger partial charge on any atom is -0.353 e. The number of hydrogen-bond donors (Lipinski definition) is 2. The van der Waals surface area contributed by atoms with Gasteiger partial charge < -0.3 is 10.6 Å². The highest BCUT2D eigenvalue weighted by atomic mass is 16.2. The van der Waals surface area contributed by atoms with Crippen molar-refractivity contribution >= 4 is 11.8 Å². The van der Waals surface area contributed by atoms with Crippen LogP contribution in [0.3, 0.4) is 0 Å². The van der Waals surface area contributed by atoms with Gasteiger partial charge in [0, 0.05) is 25.2 Å². The van der Waals surface area contributed by atoms with Gasteiger partial charge in [-0.15, -0.1) is 0 Å². The molecule has 4 nitrogen and oxygen atoms in total. The molecule has 0 aliphatic heterocycles. The van der Waals surface area contributed by atoms with Crippen LogP contribution in [0.1, 0.15) is 168 Å². The maximum Gasteiger partial charge on any atom is 0.244 e. The third-order valence-electron chi connectivity index (χ3n) is 7.05. The molecular formula is C32H62N2O2. The Labute approximate surface area is 225 Å². The Morgan fingerprint density at radius 2 is 0.611 bits per heavy atom. The lowest BCUT2D eigenvalue weighted by Crippen LogP contribution is -2.25. The van der Waals surface area contributed by atoms with Gasteiger partial charge in [0.2, 0.25) is 11.8 Å². The van der Waals surface area contributed by atoms with E-state index in [1.165, 1.54) is 153 Å². The molecule has 212 valence electrons. The summed E-state index contributed by atoms with van der Waals surface area (Å²) in [5.41, 5.74) is 0. The Balaban J connectivity index is 3.37. The molecule has 0 saturated heterocycles. The van der Waals surface area contributed by atoms with Crippen LogP contribution >= 0.6 is 0 Å². The van der Waals surface area contributed by atoms with Gasteiger partial charge >= 0.3 is 0 Å². The van der Waals surface area contributed by atoms with Crippen LogP contribution in [-0.4, -0.2) is 24.9 Å². The lowest BCUT2D eigenvalue weighted by molar-refractivity contribution is -0.118. The van der Waals surface area contributed by atoms with Gasteiger partial charge in [0.25, 0.3) is 0 Å². The second-order valence-corrected chi connectivity index (χ2v) is 10.7. The van der Waals surface area contributed by atoms with E-state index in [4.69, 9.17) is 0 Å². The van der Waals surface area contributed by atoms with Crippen molar-refractivity contribution in [3.8, 4) is 0 Å². The summed E-state index contributed by atoms with van der Waals surface area (Å²) >= 11 is 0. The fraction of sp³-hybridized carbons (Fsp3) is 0.875. The van der Waals surface area contributed by atoms with Gasteiger partial charge in [-0.3, -0.25) is 9.59 Å². The van der Waals surface area contributed by atoms with Crippen LogP contribution in [0.2, 0.25) is 0 Å². The number of amides is 2. The van der Waals surface area contributed by atoms with E-state index in [1.807, 2.05) is 0 Å². The van der Waals surface area contributed by atoms with Crippen LogP contribution in [0.5, 0.6) is 0 Å². The average Bonchev–Trinajstić information content (AvgIpc) is 2.88. The summed E-state index contributed by atoms with van der Waals surface area (Å²) in [6.45, 7) is 5.92. The molecule has 0 aromatic heterocycles. The molecule has 0 aromatic carbocycles. The molecule has 0 aromatic rings. The summed E-state index contributed by atoms with van der Waals surface area (Å²) < 4.78 is 0. The molecule has 0 radical (unpaired) electrons. The van der Waals surface area contributed by atoms with Crippen LogP contribution < -0.4 is 10.6 Å². The van der Waals surface area contributed by atoms with E-state index in [-0.39, 0.29) is 11.8 Å². The van der Waals surface area contributed by atoms with Crippen molar-refractivity contribution in [1.82, 2.24) is 10.6 Å². The van der Waals surface area contributed by atoms with Gasteiger partial charge in [0.05, 0.1) is 0 Å². The molecule has 0 aliphatic rings. The summed E-state index contributed by atoms with van der Waals surface area (Å²) in [4.78, 5) is 23.7. The number of carbonyl (C=O) groups excluding carboxylic acids is 2. The van der Waals surface area contributed by atoms with Gasteiger partial charge in [0.1, 0.15) is 0 Å². The van der Waals surface area contributed by atoms with Crippen molar-refractivity contribution in [3.05, 3.63) is 12.2 Å². The highest BCUT2D eigenvalue weighted by molar-refractivity contribution is 5.96. The van der Waals surface area contributed by atoms with E-state index in [2.05, 4.69) is 24.5 Å². The Morgan fingerprint density at radius 3 is 0.861 bits per heavy atom. The van der Waals surface area contributed by atoms with Gasteiger partial charge in [-0.25, -0.2) is 0 Å². The third kappa shape index (κ3) is 28.9. The summed E-state index contributed by atoms with van der Waals surface area (Å²) in [7, 11) is 0. The molecular weight excluding hydrogens is 444 g/mol. The van der Waals surface area contributed by atoms with Crippen LogP contribution in [0.15, 0.2) is 12.2 Å². The van der Waals surface area contributed by atoms with Crippen LogP contribution in [-0.2, 0) is 9.59 Å². The lowest BCUT2D eigenvalue weighted by atomic mass is 10.1. The maximum absolute atomic E-state index is 11.9. The molecule has 2 N–H and O–H groups in total. The lowest BCUT2D eigenvalue weighted by Gasteiger charge is -2.04. The topological polar surface area (TPSA) is 58.2 Å². The average molecular weight is 507 g/mol. The zero-order chi connectivity index (χ0) is 26.4. The predicted molar refractivity (Wildman–Crippen MR) is 157 cm³/mol. The highest BCUT2D eigenvalue weighted by Crippen LogP contribution is 2.12. The first-order valence-corrected chi connectivity index (χ1v) is 15.9. The number of nitrogens with one attached hydrogen (secondary N) is 2. The zero-order valence-corrected chi connectivity index (χ0v) is 24.4. The standard InChI is InChI=1S/C32H62N2O2/c1-3-5-7-9-11-13-15-17-19-21-23-25-29-33-31(35)27-28-32(36)34-30-26-24-22-20-18-16-14-12-10-8-6-4-2/h27-28H,3-26,29-30H2,1-2H3,(H,33,35)(H,34,36). The Kier molecular flexibility index (Phi) is 28.8. The molecule has 36 heavy (non-hydrogen) atoms. The molecule has 0 atom stereocenters. The predicted octanol–water partition coefficient (Wildman–Crippen LogP) is 9.18. The van der Waals surface area contributed by atoms with E-state index in [9.17, 15) is 9.59 Å². The molecule has 0 fully saturated rings. The largest absolute Gasteiger partial charge is 0.353 e. The van der Waals surface area contributed by atoms with Crippen LogP contribution in [0.4, 0.5) is 0 Å². The summed E-state index contributed by atoms with van der Waals surface area (Å²) in [5, 5.41) is 5.77. The minimum absolute atomic E-state index is 0.168. The molecule has 0 aliphatic carbocycles. The van der Waals surface area contributed by atoms with E-state index in [1.54, 1.807) is 0 Å².